The van der Waals surface area contributed by atoms with E-state index in [4.69, 9.17) is 4.42 Å². The van der Waals surface area contributed by atoms with Crippen molar-refractivity contribution in [3.05, 3.63) is 59.6 Å². The summed E-state index contributed by atoms with van der Waals surface area (Å²) in [5, 5.41) is 4.21. The molecule has 1 saturated heterocycles. The first-order chi connectivity index (χ1) is 15.1. The number of fused-ring (bicyclic) bond motifs is 1. The molecule has 1 aliphatic heterocycles. The van der Waals surface area contributed by atoms with Crippen LogP contribution in [0.25, 0.3) is 16.8 Å². The minimum absolute atomic E-state index is 0.532. The molecule has 4 aromatic rings. The number of carbonyl (C=O) groups is 1. The molecule has 0 amide bonds. The van der Waals surface area contributed by atoms with Gasteiger partial charge in [-0.15, -0.1) is 0 Å². The molecule has 9 heteroatoms. The highest BCUT2D eigenvalue weighted by Crippen LogP contribution is 2.23. The summed E-state index contributed by atoms with van der Waals surface area (Å²) in [5.74, 6) is 1.72. The lowest BCUT2D eigenvalue weighted by Gasteiger charge is -2.35. The van der Waals surface area contributed by atoms with Crippen molar-refractivity contribution >= 4 is 23.2 Å². The van der Waals surface area contributed by atoms with E-state index in [1.165, 1.54) is 6.20 Å². The molecule has 0 atom stereocenters. The molecule has 158 valence electrons. The van der Waals surface area contributed by atoms with Gasteiger partial charge in [-0.3, -0.25) is 9.69 Å². The maximum Gasteiger partial charge on any atom is 0.209 e. The molecule has 0 bridgehead atoms. The van der Waals surface area contributed by atoms with E-state index in [2.05, 4.69) is 36.8 Å². The molecular formula is C22H23N7O2. The SMILES string of the molecule is Cc1ncnc(N2CCN(Cc3nc4ccc(-n5cc(C=O)cn5)cc4o3)CC2)c1C. The zero-order chi connectivity index (χ0) is 21.4. The highest BCUT2D eigenvalue weighted by molar-refractivity contribution is 5.76. The first kappa shape index (κ1) is 19.4. The Morgan fingerprint density at radius 3 is 2.74 bits per heavy atom. The van der Waals surface area contributed by atoms with Gasteiger partial charge in [-0.1, -0.05) is 0 Å². The fourth-order valence-electron chi connectivity index (χ4n) is 3.86. The third kappa shape index (κ3) is 3.79. The molecule has 1 aliphatic rings. The lowest BCUT2D eigenvalue weighted by atomic mass is 10.2. The van der Waals surface area contributed by atoms with Gasteiger partial charge in [-0.25, -0.2) is 19.6 Å². The summed E-state index contributed by atoms with van der Waals surface area (Å²) in [7, 11) is 0. The zero-order valence-corrected chi connectivity index (χ0v) is 17.5. The van der Waals surface area contributed by atoms with E-state index in [0.29, 0.717) is 23.6 Å². The summed E-state index contributed by atoms with van der Waals surface area (Å²) in [4.78, 5) is 28.9. The number of hydrogen-bond acceptors (Lipinski definition) is 8. The number of nitrogens with zero attached hydrogens (tertiary/aromatic N) is 7. The molecule has 0 aliphatic carbocycles. The summed E-state index contributed by atoms with van der Waals surface area (Å²) in [6, 6.07) is 5.73. The van der Waals surface area contributed by atoms with Gasteiger partial charge in [-0.2, -0.15) is 5.10 Å². The van der Waals surface area contributed by atoms with Gasteiger partial charge < -0.3 is 9.32 Å². The van der Waals surface area contributed by atoms with Crippen LogP contribution < -0.4 is 4.90 Å². The number of hydrogen-bond donors (Lipinski definition) is 0. The Hall–Kier alpha value is -3.59. The number of aryl methyl sites for hydroxylation is 1. The van der Waals surface area contributed by atoms with Gasteiger partial charge in [0.1, 0.15) is 17.7 Å². The Morgan fingerprint density at radius 2 is 1.97 bits per heavy atom. The second-order valence-corrected chi connectivity index (χ2v) is 7.77. The third-order valence-corrected chi connectivity index (χ3v) is 5.76. The second kappa shape index (κ2) is 7.92. The number of anilines is 1. The summed E-state index contributed by atoms with van der Waals surface area (Å²) >= 11 is 0. The molecule has 4 heterocycles. The summed E-state index contributed by atoms with van der Waals surface area (Å²) in [5.41, 5.74) is 5.05. The number of aromatic nitrogens is 5. The largest absolute Gasteiger partial charge is 0.439 e. The number of oxazole rings is 1. The Bertz CT molecular complexity index is 1240. The minimum atomic E-state index is 0.532. The summed E-state index contributed by atoms with van der Waals surface area (Å²) in [6.07, 6.45) is 5.64. The van der Waals surface area contributed by atoms with E-state index in [1.807, 2.05) is 25.1 Å². The third-order valence-electron chi connectivity index (χ3n) is 5.76. The lowest BCUT2D eigenvalue weighted by Crippen LogP contribution is -2.46. The van der Waals surface area contributed by atoms with E-state index in [9.17, 15) is 4.79 Å². The van der Waals surface area contributed by atoms with Crippen LogP contribution in [0.2, 0.25) is 0 Å². The quantitative estimate of drug-likeness (QED) is 0.458. The molecule has 0 saturated carbocycles. The summed E-state index contributed by atoms with van der Waals surface area (Å²) in [6.45, 7) is 8.38. The molecule has 9 nitrogen and oxygen atoms in total. The zero-order valence-electron chi connectivity index (χ0n) is 17.5. The van der Waals surface area contributed by atoms with Crippen LogP contribution in [0.4, 0.5) is 5.82 Å². The topological polar surface area (TPSA) is 93.2 Å². The van der Waals surface area contributed by atoms with E-state index in [-0.39, 0.29) is 0 Å². The normalized spacial score (nSPS) is 15.0. The molecular weight excluding hydrogens is 394 g/mol. The van der Waals surface area contributed by atoms with Crippen LogP contribution in [0.3, 0.4) is 0 Å². The van der Waals surface area contributed by atoms with Crippen LogP contribution >= 0.6 is 0 Å². The predicted octanol–water partition coefficient (Wildman–Crippen LogP) is 2.56. The highest BCUT2D eigenvalue weighted by Gasteiger charge is 2.21. The Morgan fingerprint density at radius 1 is 1.13 bits per heavy atom. The van der Waals surface area contributed by atoms with Crippen molar-refractivity contribution in [1.29, 1.82) is 0 Å². The van der Waals surface area contributed by atoms with E-state index in [0.717, 1.165) is 60.7 Å². The van der Waals surface area contributed by atoms with Crippen molar-refractivity contribution < 1.29 is 9.21 Å². The van der Waals surface area contributed by atoms with Gasteiger partial charge in [-0.05, 0) is 26.0 Å². The van der Waals surface area contributed by atoms with Gasteiger partial charge in [0.05, 0.1) is 24.0 Å². The number of rotatable bonds is 5. The van der Waals surface area contributed by atoms with Crippen molar-refractivity contribution in [3.8, 4) is 5.69 Å². The van der Waals surface area contributed by atoms with Gasteiger partial charge in [0.2, 0.25) is 5.89 Å². The molecule has 0 N–H and O–H groups in total. The van der Waals surface area contributed by atoms with Crippen LogP contribution in [0.1, 0.15) is 27.5 Å². The second-order valence-electron chi connectivity index (χ2n) is 7.77. The Labute approximate surface area is 179 Å². The van der Waals surface area contributed by atoms with Crippen molar-refractivity contribution in [2.75, 3.05) is 31.1 Å². The van der Waals surface area contributed by atoms with Crippen LogP contribution in [0.15, 0.2) is 41.3 Å². The maximum absolute atomic E-state index is 10.9. The van der Waals surface area contributed by atoms with Crippen molar-refractivity contribution in [3.63, 3.8) is 0 Å². The number of piperazine rings is 1. The molecule has 0 radical (unpaired) electrons. The number of aldehydes is 1. The Kier molecular flexibility index (Phi) is 4.95. The predicted molar refractivity (Wildman–Crippen MR) is 116 cm³/mol. The molecule has 0 spiro atoms. The number of carbonyl (C=O) groups excluding carboxylic acids is 1. The highest BCUT2D eigenvalue weighted by atomic mass is 16.3. The van der Waals surface area contributed by atoms with Crippen LogP contribution in [-0.2, 0) is 6.54 Å². The molecule has 1 fully saturated rings. The average molecular weight is 417 g/mol. The van der Waals surface area contributed by atoms with Crippen molar-refractivity contribution in [1.82, 2.24) is 29.6 Å². The minimum Gasteiger partial charge on any atom is -0.439 e. The van der Waals surface area contributed by atoms with E-state index < -0.39 is 0 Å². The molecule has 0 unspecified atom stereocenters. The van der Waals surface area contributed by atoms with E-state index in [1.54, 1.807) is 17.2 Å². The van der Waals surface area contributed by atoms with E-state index >= 15 is 0 Å². The fraction of sp³-hybridized carbons (Fsp3) is 0.318. The fourth-order valence-corrected chi connectivity index (χ4v) is 3.86. The van der Waals surface area contributed by atoms with Crippen molar-refractivity contribution in [2.45, 2.75) is 20.4 Å². The first-order valence-electron chi connectivity index (χ1n) is 10.3. The maximum atomic E-state index is 10.9. The molecule has 1 aromatic carbocycles. The molecule has 3 aromatic heterocycles. The lowest BCUT2D eigenvalue weighted by molar-refractivity contribution is 0.112. The van der Waals surface area contributed by atoms with Gasteiger partial charge in [0, 0.05) is 49.7 Å². The Balaban J connectivity index is 1.27. The van der Waals surface area contributed by atoms with Gasteiger partial charge in [0.25, 0.3) is 0 Å². The average Bonchev–Trinajstić information content (AvgIpc) is 3.42. The van der Waals surface area contributed by atoms with Gasteiger partial charge in [0.15, 0.2) is 11.9 Å². The monoisotopic (exact) mass is 417 g/mol. The molecule has 5 rings (SSSR count). The number of benzene rings is 1. The standard InChI is InChI=1S/C22H23N7O2/c1-15-16(2)23-14-24-22(15)28-7-5-27(6-8-28)12-21-26-19-4-3-18(9-20(19)31-21)29-11-17(13-30)10-25-29/h3-4,9-11,13-14H,5-8,12H2,1-2H3. The van der Waals surface area contributed by atoms with Crippen LogP contribution in [0, 0.1) is 13.8 Å². The summed E-state index contributed by atoms with van der Waals surface area (Å²) < 4.78 is 7.67. The first-order valence-corrected chi connectivity index (χ1v) is 10.3. The van der Waals surface area contributed by atoms with Crippen LogP contribution in [-0.4, -0.2) is 62.1 Å². The smallest absolute Gasteiger partial charge is 0.209 e. The van der Waals surface area contributed by atoms with Gasteiger partial charge >= 0.3 is 0 Å². The van der Waals surface area contributed by atoms with Crippen molar-refractivity contribution in [2.24, 2.45) is 0 Å². The molecule has 31 heavy (non-hydrogen) atoms. The van der Waals surface area contributed by atoms with Crippen LogP contribution in [0.5, 0.6) is 0 Å².